The lowest BCUT2D eigenvalue weighted by Gasteiger charge is -2.32. The van der Waals surface area contributed by atoms with Crippen LogP contribution in [0.4, 0.5) is 17.6 Å². The minimum atomic E-state index is -4.30. The van der Waals surface area contributed by atoms with E-state index < -0.39 is 11.7 Å². The summed E-state index contributed by atoms with van der Waals surface area (Å²) in [6.07, 6.45) is 0.889. The van der Waals surface area contributed by atoms with Crippen molar-refractivity contribution >= 4 is 24.8 Å². The molecule has 0 aromatic heterocycles. The third kappa shape index (κ3) is 9.60. The smallest absolute Gasteiger partial charge is 0.416 e. The molecule has 0 aliphatic carbocycles. The predicted octanol–water partition coefficient (Wildman–Crippen LogP) is 8.32. The second kappa shape index (κ2) is 15.2. The van der Waals surface area contributed by atoms with Crippen molar-refractivity contribution in [2.75, 3.05) is 26.2 Å². The van der Waals surface area contributed by atoms with E-state index in [9.17, 15) is 17.6 Å². The second-order valence-corrected chi connectivity index (χ2v) is 10.9. The van der Waals surface area contributed by atoms with Crippen LogP contribution in [0.5, 0.6) is 5.75 Å². The number of halogens is 6. The number of hydrogen-bond donors (Lipinski definition) is 0. The van der Waals surface area contributed by atoms with Gasteiger partial charge in [0.05, 0.1) is 12.2 Å². The Bertz CT molecular complexity index is 1230. The highest BCUT2D eigenvalue weighted by molar-refractivity contribution is 5.85. The molecule has 1 saturated heterocycles. The van der Waals surface area contributed by atoms with Crippen molar-refractivity contribution in [3.63, 3.8) is 0 Å². The van der Waals surface area contributed by atoms with Gasteiger partial charge >= 0.3 is 6.18 Å². The minimum absolute atomic E-state index is 0. The number of likely N-dealkylation sites (tertiary alicyclic amines) is 1. The fourth-order valence-corrected chi connectivity index (χ4v) is 5.76. The molecule has 3 aromatic carbocycles. The molecule has 0 radical (unpaired) electrons. The summed E-state index contributed by atoms with van der Waals surface area (Å²) >= 11 is 0. The molecule has 3 nitrogen and oxygen atoms in total. The average molecular weight is 614 g/mol. The van der Waals surface area contributed by atoms with E-state index in [4.69, 9.17) is 4.74 Å². The van der Waals surface area contributed by atoms with Crippen molar-refractivity contribution in [2.24, 2.45) is 5.92 Å². The standard InChI is InChI=1S/C32H36F4N2O.2ClH/c33-30-9-6-25(7-10-30)21-38-15-2-4-27-8-11-31(20-28(27)23-38)39-18-14-24-12-16-37(17-13-24)22-26-3-1-5-29(19-26)32(34,35)36;;/h1,3,5-11,19-20,24H,2,4,12-18,21-23H2;2*1H. The van der Waals surface area contributed by atoms with Crippen LogP contribution < -0.4 is 4.74 Å². The molecule has 3 aromatic rings. The molecule has 0 bridgehead atoms. The largest absolute Gasteiger partial charge is 0.494 e. The van der Waals surface area contributed by atoms with E-state index in [1.54, 1.807) is 6.07 Å². The second-order valence-electron chi connectivity index (χ2n) is 10.9. The van der Waals surface area contributed by atoms with E-state index in [1.165, 1.54) is 35.4 Å². The highest BCUT2D eigenvalue weighted by Crippen LogP contribution is 2.30. The zero-order valence-corrected chi connectivity index (χ0v) is 24.7. The summed E-state index contributed by atoms with van der Waals surface area (Å²) < 4.78 is 58.5. The minimum Gasteiger partial charge on any atom is -0.494 e. The summed E-state index contributed by atoms with van der Waals surface area (Å²) in [6.45, 7) is 5.67. The van der Waals surface area contributed by atoms with E-state index in [-0.39, 0.29) is 30.6 Å². The zero-order valence-electron chi connectivity index (χ0n) is 23.0. The number of piperidine rings is 1. The summed E-state index contributed by atoms with van der Waals surface area (Å²) in [5, 5.41) is 0. The van der Waals surface area contributed by atoms with E-state index in [1.807, 2.05) is 12.1 Å². The first-order valence-corrected chi connectivity index (χ1v) is 13.9. The molecule has 2 heterocycles. The highest BCUT2D eigenvalue weighted by Gasteiger charge is 2.30. The van der Waals surface area contributed by atoms with Crippen molar-refractivity contribution in [2.45, 2.75) is 57.9 Å². The van der Waals surface area contributed by atoms with Gasteiger partial charge in [-0.3, -0.25) is 9.80 Å². The molecule has 0 unspecified atom stereocenters. The Labute approximate surface area is 252 Å². The van der Waals surface area contributed by atoms with Crippen LogP contribution in [0.15, 0.2) is 66.7 Å². The Hall–Kier alpha value is -2.32. The van der Waals surface area contributed by atoms with Crippen molar-refractivity contribution in [3.05, 3.63) is 100 Å². The van der Waals surface area contributed by atoms with E-state index in [0.717, 1.165) is 82.2 Å². The summed E-state index contributed by atoms with van der Waals surface area (Å²) in [7, 11) is 0. The van der Waals surface area contributed by atoms with Crippen molar-refractivity contribution < 1.29 is 22.3 Å². The Morgan fingerprint density at radius 3 is 2.24 bits per heavy atom. The fourth-order valence-electron chi connectivity index (χ4n) is 5.76. The summed E-state index contributed by atoms with van der Waals surface area (Å²) in [5.41, 5.74) is 3.93. The number of hydrogen-bond acceptors (Lipinski definition) is 3. The van der Waals surface area contributed by atoms with Gasteiger partial charge in [0.2, 0.25) is 0 Å². The molecule has 0 atom stereocenters. The van der Waals surface area contributed by atoms with E-state index >= 15 is 0 Å². The molecule has 224 valence electrons. The maximum Gasteiger partial charge on any atom is 0.416 e. The maximum absolute atomic E-state index is 13.3. The van der Waals surface area contributed by atoms with Crippen molar-refractivity contribution in [1.82, 2.24) is 9.80 Å². The third-order valence-corrected chi connectivity index (χ3v) is 7.97. The summed E-state index contributed by atoms with van der Waals surface area (Å²) in [4.78, 5) is 4.66. The average Bonchev–Trinajstić information content (AvgIpc) is 3.12. The van der Waals surface area contributed by atoms with Crippen LogP contribution >= 0.6 is 24.8 Å². The van der Waals surface area contributed by atoms with Crippen LogP contribution in [0.1, 0.15) is 53.5 Å². The van der Waals surface area contributed by atoms with Crippen molar-refractivity contribution in [3.8, 4) is 5.75 Å². The van der Waals surface area contributed by atoms with Gasteiger partial charge in [0, 0.05) is 19.6 Å². The van der Waals surface area contributed by atoms with Crippen LogP contribution in [0, 0.1) is 11.7 Å². The van der Waals surface area contributed by atoms with Crippen molar-refractivity contribution in [1.29, 1.82) is 0 Å². The summed E-state index contributed by atoms with van der Waals surface area (Å²) in [5.74, 6) is 1.26. The number of ether oxygens (including phenoxy) is 1. The van der Waals surface area contributed by atoms with Gasteiger partial charge in [0.1, 0.15) is 11.6 Å². The lowest BCUT2D eigenvalue weighted by molar-refractivity contribution is -0.137. The molecular weight excluding hydrogens is 575 g/mol. The molecule has 5 rings (SSSR count). The molecule has 0 N–H and O–H groups in total. The molecule has 2 aliphatic heterocycles. The Kier molecular flexibility index (Phi) is 12.3. The topological polar surface area (TPSA) is 15.7 Å². The molecule has 41 heavy (non-hydrogen) atoms. The number of alkyl halides is 3. The Morgan fingerprint density at radius 1 is 0.780 bits per heavy atom. The van der Waals surface area contributed by atoms with Gasteiger partial charge in [-0.25, -0.2) is 4.39 Å². The van der Waals surface area contributed by atoms with Crippen LogP contribution in [0.3, 0.4) is 0 Å². The van der Waals surface area contributed by atoms with Crippen LogP contribution in [0.2, 0.25) is 0 Å². The molecule has 1 fully saturated rings. The first-order chi connectivity index (χ1) is 18.8. The quantitative estimate of drug-likeness (QED) is 0.238. The fraction of sp³-hybridized carbons (Fsp3) is 0.438. The SMILES string of the molecule is Cl.Cl.Fc1ccc(CN2CCCc3ccc(OCCC4CCN(Cc5cccc(C(F)(F)F)c5)CC4)cc3C2)cc1. The van der Waals surface area contributed by atoms with Gasteiger partial charge in [-0.05, 0) is 110 Å². The molecular formula is C32H38Cl2F4N2O. The Balaban J connectivity index is 0.00000231. The molecule has 2 aliphatic rings. The number of fused-ring (bicyclic) bond motifs is 1. The van der Waals surface area contributed by atoms with E-state index in [2.05, 4.69) is 28.0 Å². The molecule has 0 saturated carbocycles. The van der Waals surface area contributed by atoms with Gasteiger partial charge in [0.15, 0.2) is 0 Å². The van der Waals surface area contributed by atoms with Gasteiger partial charge < -0.3 is 4.74 Å². The van der Waals surface area contributed by atoms with Gasteiger partial charge in [-0.15, -0.1) is 24.8 Å². The van der Waals surface area contributed by atoms with Crippen LogP contribution in [-0.2, 0) is 32.2 Å². The summed E-state index contributed by atoms with van der Waals surface area (Å²) in [6, 6.07) is 18.9. The molecule has 9 heteroatoms. The highest BCUT2D eigenvalue weighted by atomic mass is 35.5. The lowest BCUT2D eigenvalue weighted by Crippen LogP contribution is -2.33. The number of benzene rings is 3. The predicted molar refractivity (Wildman–Crippen MR) is 159 cm³/mol. The first kappa shape index (κ1) is 33.2. The van der Waals surface area contributed by atoms with Crippen LogP contribution in [-0.4, -0.2) is 36.0 Å². The Morgan fingerprint density at radius 2 is 1.51 bits per heavy atom. The maximum atomic E-state index is 13.3. The number of aryl methyl sites for hydroxylation is 1. The normalized spacial score (nSPS) is 16.7. The molecule has 0 amide bonds. The zero-order chi connectivity index (χ0) is 27.2. The van der Waals surface area contributed by atoms with Gasteiger partial charge in [-0.1, -0.05) is 36.4 Å². The molecule has 0 spiro atoms. The third-order valence-electron chi connectivity index (χ3n) is 7.97. The first-order valence-electron chi connectivity index (χ1n) is 13.9. The lowest BCUT2D eigenvalue weighted by atomic mass is 9.93. The van der Waals surface area contributed by atoms with E-state index in [0.29, 0.717) is 24.6 Å². The monoisotopic (exact) mass is 612 g/mol. The van der Waals surface area contributed by atoms with Gasteiger partial charge in [-0.2, -0.15) is 13.2 Å². The van der Waals surface area contributed by atoms with Crippen LogP contribution in [0.25, 0.3) is 0 Å². The number of rotatable bonds is 8. The number of nitrogens with zero attached hydrogens (tertiary/aromatic N) is 2. The van der Waals surface area contributed by atoms with Gasteiger partial charge in [0.25, 0.3) is 0 Å².